The number of carboxylic acids is 1. The maximum atomic E-state index is 13.0. The summed E-state index contributed by atoms with van der Waals surface area (Å²) < 4.78 is 3.78. The SMILES string of the molecule is Cc1snc(-c2ccccc2)c1C(=O)N[C@@H]1C(=O)N2[C@@H]1SC(C)(C)[C@@H]2C(=O)O. The van der Waals surface area contributed by atoms with Gasteiger partial charge in [0.1, 0.15) is 17.5 Å². The number of carbonyl (C=O) groups excluding carboxylic acids is 2. The number of aromatic nitrogens is 1. The summed E-state index contributed by atoms with van der Waals surface area (Å²) in [7, 11) is 0. The van der Waals surface area contributed by atoms with E-state index in [0.29, 0.717) is 11.3 Å². The molecule has 0 bridgehead atoms. The minimum atomic E-state index is -1.03. The van der Waals surface area contributed by atoms with Gasteiger partial charge in [0, 0.05) is 15.2 Å². The lowest BCUT2D eigenvalue weighted by molar-refractivity contribution is -0.159. The highest BCUT2D eigenvalue weighted by Crippen LogP contribution is 2.50. The van der Waals surface area contributed by atoms with Gasteiger partial charge in [-0.3, -0.25) is 9.59 Å². The Morgan fingerprint density at radius 3 is 2.57 bits per heavy atom. The van der Waals surface area contributed by atoms with Crippen LogP contribution < -0.4 is 5.32 Å². The van der Waals surface area contributed by atoms with Crippen LogP contribution in [0.25, 0.3) is 11.3 Å². The van der Waals surface area contributed by atoms with Gasteiger partial charge in [-0.05, 0) is 32.3 Å². The van der Waals surface area contributed by atoms with Crippen LogP contribution in [0, 0.1) is 6.92 Å². The van der Waals surface area contributed by atoms with Gasteiger partial charge in [-0.25, -0.2) is 4.79 Å². The van der Waals surface area contributed by atoms with Crippen LogP contribution >= 0.6 is 23.3 Å². The molecule has 0 unspecified atom stereocenters. The maximum absolute atomic E-state index is 13.0. The molecular formula is C19H19N3O4S2. The van der Waals surface area contributed by atoms with Crippen LogP contribution in [0.3, 0.4) is 0 Å². The summed E-state index contributed by atoms with van der Waals surface area (Å²) in [4.78, 5) is 39.4. The Kier molecular flexibility index (Phi) is 4.46. The molecule has 7 nitrogen and oxygen atoms in total. The Morgan fingerprint density at radius 1 is 1.25 bits per heavy atom. The average molecular weight is 418 g/mol. The standard InChI is InChI=1S/C19H19N3O4S2/c1-9-11(12(21-28-9)10-7-5-4-6-8-10)15(23)20-13-16(24)22-14(18(25)26)19(2,3)27-17(13)22/h4-8,13-14,17H,1-3H3,(H,20,23)(H,25,26)/t13-,14+,17-/m1/s1. The predicted molar refractivity (Wildman–Crippen MR) is 107 cm³/mol. The number of amides is 2. The Labute approximate surface area is 170 Å². The Bertz CT molecular complexity index is 973. The van der Waals surface area contributed by atoms with E-state index >= 15 is 0 Å². The van der Waals surface area contributed by atoms with E-state index in [-0.39, 0.29) is 17.2 Å². The fourth-order valence-corrected chi connectivity index (χ4v) is 6.12. The third-order valence-corrected chi connectivity index (χ3v) is 7.42. The molecule has 2 aliphatic rings. The number of aryl methyl sites for hydroxylation is 1. The number of nitrogens with one attached hydrogen (secondary N) is 1. The van der Waals surface area contributed by atoms with Crippen LogP contribution in [0.2, 0.25) is 0 Å². The molecule has 1 aromatic carbocycles. The molecule has 2 saturated heterocycles. The van der Waals surface area contributed by atoms with E-state index in [2.05, 4.69) is 9.69 Å². The summed E-state index contributed by atoms with van der Waals surface area (Å²) in [6, 6.07) is 7.78. The summed E-state index contributed by atoms with van der Waals surface area (Å²) in [5.41, 5.74) is 1.88. The zero-order valence-electron chi connectivity index (χ0n) is 15.5. The number of hydrogen-bond acceptors (Lipinski definition) is 6. The van der Waals surface area contributed by atoms with Crippen molar-refractivity contribution in [1.29, 1.82) is 0 Å². The van der Waals surface area contributed by atoms with E-state index in [9.17, 15) is 19.5 Å². The quantitative estimate of drug-likeness (QED) is 0.741. The number of β-lactam (4-membered cyclic amide) rings is 1. The molecule has 0 aliphatic carbocycles. The second kappa shape index (κ2) is 6.59. The first kappa shape index (κ1) is 18.9. The Morgan fingerprint density at radius 2 is 1.93 bits per heavy atom. The van der Waals surface area contributed by atoms with Crippen LogP contribution in [0.4, 0.5) is 0 Å². The Balaban J connectivity index is 1.58. The van der Waals surface area contributed by atoms with Gasteiger partial charge in [0.05, 0.1) is 11.3 Å². The van der Waals surface area contributed by atoms with E-state index in [1.165, 1.54) is 28.2 Å². The normalized spacial score (nSPS) is 25.2. The number of carboxylic acid groups (broad SMARTS) is 1. The molecule has 28 heavy (non-hydrogen) atoms. The molecule has 1 aromatic heterocycles. The van der Waals surface area contributed by atoms with Gasteiger partial charge in [0.2, 0.25) is 5.91 Å². The van der Waals surface area contributed by atoms with E-state index in [1.54, 1.807) is 13.8 Å². The number of hydrogen-bond donors (Lipinski definition) is 2. The number of nitrogens with zero attached hydrogens (tertiary/aromatic N) is 2. The maximum Gasteiger partial charge on any atom is 0.327 e. The molecule has 4 rings (SSSR count). The molecule has 3 heterocycles. The molecule has 2 N–H and O–H groups in total. The zero-order valence-corrected chi connectivity index (χ0v) is 17.1. The molecule has 0 radical (unpaired) electrons. The minimum absolute atomic E-state index is 0.356. The van der Waals surface area contributed by atoms with Crippen molar-refractivity contribution in [3.8, 4) is 11.3 Å². The van der Waals surface area contributed by atoms with Gasteiger partial charge in [-0.1, -0.05) is 30.3 Å². The average Bonchev–Trinajstić information content (AvgIpc) is 3.15. The zero-order chi connectivity index (χ0) is 20.2. The summed E-state index contributed by atoms with van der Waals surface area (Å²) >= 11 is 2.65. The lowest BCUT2D eigenvalue weighted by Gasteiger charge is -2.43. The second-order valence-electron chi connectivity index (χ2n) is 7.38. The predicted octanol–water partition coefficient (Wildman–Crippen LogP) is 2.36. The van der Waals surface area contributed by atoms with E-state index in [4.69, 9.17) is 0 Å². The van der Waals surface area contributed by atoms with Crippen LogP contribution in [0.1, 0.15) is 29.1 Å². The second-order valence-corrected chi connectivity index (χ2v) is 10.1. The third kappa shape index (κ3) is 2.80. The molecule has 2 amide bonds. The van der Waals surface area contributed by atoms with Gasteiger partial charge in [-0.15, -0.1) is 11.8 Å². The first-order chi connectivity index (χ1) is 13.2. The van der Waals surface area contributed by atoms with Crippen molar-refractivity contribution < 1.29 is 19.5 Å². The van der Waals surface area contributed by atoms with Gasteiger partial charge in [0.15, 0.2) is 0 Å². The van der Waals surface area contributed by atoms with Crippen LogP contribution in [-0.2, 0) is 9.59 Å². The van der Waals surface area contributed by atoms with Crippen molar-refractivity contribution in [2.24, 2.45) is 0 Å². The van der Waals surface area contributed by atoms with Crippen molar-refractivity contribution in [3.63, 3.8) is 0 Å². The van der Waals surface area contributed by atoms with Crippen LogP contribution in [-0.4, -0.2) is 54.4 Å². The fourth-order valence-electron chi connectivity index (χ4n) is 3.79. The van der Waals surface area contributed by atoms with Crippen molar-refractivity contribution in [2.45, 2.75) is 43.0 Å². The van der Waals surface area contributed by atoms with E-state index < -0.39 is 22.8 Å². The lowest BCUT2D eigenvalue weighted by atomic mass is 9.95. The van der Waals surface area contributed by atoms with Gasteiger partial charge in [0.25, 0.3) is 5.91 Å². The van der Waals surface area contributed by atoms with Crippen LogP contribution in [0.15, 0.2) is 30.3 Å². The first-order valence-corrected chi connectivity index (χ1v) is 10.4. The fraction of sp³-hybridized carbons (Fsp3) is 0.368. The van der Waals surface area contributed by atoms with E-state index in [1.807, 2.05) is 37.3 Å². The van der Waals surface area contributed by atoms with Crippen molar-refractivity contribution in [1.82, 2.24) is 14.6 Å². The van der Waals surface area contributed by atoms with E-state index in [0.717, 1.165) is 10.4 Å². The monoisotopic (exact) mass is 417 g/mol. The largest absolute Gasteiger partial charge is 0.480 e. The molecule has 146 valence electrons. The molecule has 9 heteroatoms. The molecular weight excluding hydrogens is 398 g/mol. The van der Waals surface area contributed by atoms with Crippen molar-refractivity contribution in [3.05, 3.63) is 40.8 Å². The molecule has 0 saturated carbocycles. The molecule has 2 aromatic rings. The van der Waals surface area contributed by atoms with Crippen molar-refractivity contribution >= 4 is 41.1 Å². The number of aliphatic carboxylic acids is 1. The lowest BCUT2D eigenvalue weighted by Crippen LogP contribution is -2.70. The first-order valence-electron chi connectivity index (χ1n) is 8.77. The highest BCUT2D eigenvalue weighted by Gasteiger charge is 2.64. The number of fused-ring (bicyclic) bond motifs is 1. The summed E-state index contributed by atoms with van der Waals surface area (Å²) in [5.74, 6) is -1.74. The summed E-state index contributed by atoms with van der Waals surface area (Å²) in [6.07, 6.45) is 0. The highest BCUT2D eigenvalue weighted by molar-refractivity contribution is 8.01. The number of thioether (sulfide) groups is 1. The highest BCUT2D eigenvalue weighted by atomic mass is 32.2. The smallest absolute Gasteiger partial charge is 0.327 e. The molecule has 2 aliphatic heterocycles. The third-order valence-electron chi connectivity index (χ3n) is 5.10. The topological polar surface area (TPSA) is 99.6 Å². The number of rotatable bonds is 4. The Hall–Kier alpha value is -2.39. The summed E-state index contributed by atoms with van der Waals surface area (Å²) in [5, 5.41) is 11.9. The number of carbonyl (C=O) groups is 3. The van der Waals surface area contributed by atoms with Gasteiger partial charge >= 0.3 is 5.97 Å². The van der Waals surface area contributed by atoms with Gasteiger partial charge in [-0.2, -0.15) is 4.37 Å². The van der Waals surface area contributed by atoms with Crippen LogP contribution in [0.5, 0.6) is 0 Å². The molecule has 3 atom stereocenters. The minimum Gasteiger partial charge on any atom is -0.480 e. The molecule has 2 fully saturated rings. The van der Waals surface area contributed by atoms with Crippen molar-refractivity contribution in [2.75, 3.05) is 0 Å². The molecule has 0 spiro atoms. The summed E-state index contributed by atoms with van der Waals surface area (Å²) in [6.45, 7) is 5.44. The number of benzene rings is 1. The van der Waals surface area contributed by atoms with Gasteiger partial charge < -0.3 is 15.3 Å².